The topological polar surface area (TPSA) is 75.8 Å². The van der Waals surface area contributed by atoms with E-state index in [1.165, 1.54) is 5.56 Å². The number of hydrogen-bond donors (Lipinski definition) is 1. The van der Waals surface area contributed by atoms with Crippen molar-refractivity contribution in [2.75, 3.05) is 18.2 Å². The number of aromatic nitrogens is 1. The zero-order valence-corrected chi connectivity index (χ0v) is 18.5. The molecule has 0 unspecified atom stereocenters. The van der Waals surface area contributed by atoms with E-state index in [0.29, 0.717) is 18.3 Å². The van der Waals surface area contributed by atoms with Gasteiger partial charge in [-0.25, -0.2) is 4.98 Å². The quantitative estimate of drug-likeness (QED) is 0.553. The van der Waals surface area contributed by atoms with E-state index in [1.54, 1.807) is 11.8 Å². The first-order valence-corrected chi connectivity index (χ1v) is 11.4. The largest absolute Gasteiger partial charge is 0.487 e. The predicted octanol–water partition coefficient (Wildman–Crippen LogP) is 4.54. The van der Waals surface area contributed by atoms with E-state index >= 15 is 0 Å². The van der Waals surface area contributed by atoms with Crippen molar-refractivity contribution in [3.63, 3.8) is 0 Å². The first-order valence-electron chi connectivity index (χ1n) is 10.3. The van der Waals surface area contributed by atoms with Gasteiger partial charge in [-0.05, 0) is 50.1 Å². The minimum Gasteiger partial charge on any atom is -0.487 e. The van der Waals surface area contributed by atoms with Crippen LogP contribution in [-0.2, 0) is 17.8 Å². The third kappa shape index (κ3) is 5.29. The van der Waals surface area contributed by atoms with Crippen molar-refractivity contribution in [1.82, 2.24) is 9.88 Å². The SMILES string of the molecule is Cc1ccc(-c2nc(COc3ccc(CCN4CSC[C@H]4C(=O)O)cc3)c(C)o2)cc1. The molecule has 0 radical (unpaired) electrons. The molecule has 1 atom stereocenters. The fourth-order valence-corrected chi connectivity index (χ4v) is 4.71. The van der Waals surface area contributed by atoms with E-state index < -0.39 is 5.97 Å². The lowest BCUT2D eigenvalue weighted by Gasteiger charge is -2.19. The zero-order chi connectivity index (χ0) is 21.8. The van der Waals surface area contributed by atoms with Gasteiger partial charge in [0, 0.05) is 23.7 Å². The number of aryl methyl sites for hydroxylation is 2. The lowest BCUT2D eigenvalue weighted by molar-refractivity contribution is -0.141. The summed E-state index contributed by atoms with van der Waals surface area (Å²) in [6.45, 7) is 5.02. The molecule has 0 bridgehead atoms. The molecule has 1 aromatic heterocycles. The Hall–Kier alpha value is -2.77. The highest BCUT2D eigenvalue weighted by atomic mass is 32.2. The summed E-state index contributed by atoms with van der Waals surface area (Å²) >= 11 is 1.67. The average molecular weight is 439 g/mol. The minimum absolute atomic E-state index is 0.339. The number of benzene rings is 2. The van der Waals surface area contributed by atoms with Crippen LogP contribution in [0.4, 0.5) is 0 Å². The van der Waals surface area contributed by atoms with Crippen LogP contribution in [0.5, 0.6) is 5.75 Å². The van der Waals surface area contributed by atoms with Gasteiger partial charge in [-0.1, -0.05) is 29.8 Å². The molecule has 7 heteroatoms. The van der Waals surface area contributed by atoms with Crippen LogP contribution in [-0.4, -0.2) is 45.2 Å². The van der Waals surface area contributed by atoms with Gasteiger partial charge in [-0.15, -0.1) is 11.8 Å². The van der Waals surface area contributed by atoms with Gasteiger partial charge in [0.25, 0.3) is 0 Å². The summed E-state index contributed by atoms with van der Waals surface area (Å²) in [4.78, 5) is 17.9. The Morgan fingerprint density at radius 1 is 1.19 bits per heavy atom. The summed E-state index contributed by atoms with van der Waals surface area (Å²) in [5.74, 6) is 2.83. The van der Waals surface area contributed by atoms with Crippen molar-refractivity contribution in [2.45, 2.75) is 32.9 Å². The highest BCUT2D eigenvalue weighted by molar-refractivity contribution is 7.99. The number of hydrogen-bond acceptors (Lipinski definition) is 6. The molecule has 1 aliphatic rings. The molecule has 2 aromatic carbocycles. The van der Waals surface area contributed by atoms with Crippen molar-refractivity contribution < 1.29 is 19.1 Å². The molecule has 0 spiro atoms. The fourth-order valence-electron chi connectivity index (χ4n) is 3.48. The lowest BCUT2D eigenvalue weighted by Crippen LogP contribution is -2.38. The standard InChI is InChI=1S/C24H26N2O4S/c1-16-3-7-19(8-4-16)23-25-21(17(2)30-23)13-29-20-9-5-18(6-10-20)11-12-26-15-31-14-22(26)24(27)28/h3-10,22H,11-15H2,1-2H3,(H,27,28)/t22-/m0/s1. The molecule has 0 aliphatic carbocycles. The maximum absolute atomic E-state index is 11.3. The minimum atomic E-state index is -0.734. The number of ether oxygens (including phenoxy) is 1. The Morgan fingerprint density at radius 3 is 2.65 bits per heavy atom. The summed E-state index contributed by atoms with van der Waals surface area (Å²) in [6, 6.07) is 15.7. The summed E-state index contributed by atoms with van der Waals surface area (Å²) in [7, 11) is 0. The lowest BCUT2D eigenvalue weighted by atomic mass is 10.1. The number of rotatable bonds is 8. The van der Waals surface area contributed by atoms with Gasteiger partial charge in [0.2, 0.25) is 5.89 Å². The van der Waals surface area contributed by atoms with Crippen LogP contribution in [0.15, 0.2) is 52.9 Å². The Kier molecular flexibility index (Phi) is 6.63. The molecule has 0 amide bonds. The first-order chi connectivity index (χ1) is 15.0. The van der Waals surface area contributed by atoms with Gasteiger partial charge in [-0.3, -0.25) is 9.69 Å². The number of oxazole rings is 1. The van der Waals surface area contributed by atoms with E-state index in [1.807, 2.05) is 67.3 Å². The van der Waals surface area contributed by atoms with Gasteiger partial charge < -0.3 is 14.3 Å². The summed E-state index contributed by atoms with van der Waals surface area (Å²) in [5.41, 5.74) is 4.09. The highest BCUT2D eigenvalue weighted by Crippen LogP contribution is 2.24. The second-order valence-electron chi connectivity index (χ2n) is 7.74. The third-order valence-electron chi connectivity index (χ3n) is 5.44. The fraction of sp³-hybridized carbons (Fsp3) is 0.333. The number of carboxylic acids is 1. The van der Waals surface area contributed by atoms with Gasteiger partial charge in [0.05, 0.1) is 0 Å². The van der Waals surface area contributed by atoms with Crippen LogP contribution >= 0.6 is 11.8 Å². The molecular formula is C24H26N2O4S. The Morgan fingerprint density at radius 2 is 1.94 bits per heavy atom. The number of thioether (sulfide) groups is 1. The molecule has 2 heterocycles. The normalized spacial score (nSPS) is 16.5. The van der Waals surface area contributed by atoms with Gasteiger partial charge >= 0.3 is 5.97 Å². The Labute approximate surface area is 186 Å². The number of aliphatic carboxylic acids is 1. The second kappa shape index (κ2) is 9.58. The smallest absolute Gasteiger partial charge is 0.321 e. The predicted molar refractivity (Wildman–Crippen MR) is 121 cm³/mol. The maximum Gasteiger partial charge on any atom is 0.321 e. The van der Waals surface area contributed by atoms with Crippen molar-refractivity contribution in [3.05, 3.63) is 71.1 Å². The highest BCUT2D eigenvalue weighted by Gasteiger charge is 2.30. The van der Waals surface area contributed by atoms with E-state index in [-0.39, 0.29) is 6.04 Å². The van der Waals surface area contributed by atoms with E-state index in [2.05, 4.69) is 4.98 Å². The van der Waals surface area contributed by atoms with Crippen molar-refractivity contribution in [1.29, 1.82) is 0 Å². The molecule has 162 valence electrons. The van der Waals surface area contributed by atoms with Crippen LogP contribution < -0.4 is 4.74 Å². The molecule has 4 rings (SSSR count). The monoisotopic (exact) mass is 438 g/mol. The van der Waals surface area contributed by atoms with Crippen LogP contribution in [0, 0.1) is 13.8 Å². The molecule has 1 aliphatic heterocycles. The van der Waals surface area contributed by atoms with Crippen LogP contribution in [0.25, 0.3) is 11.5 Å². The molecule has 6 nitrogen and oxygen atoms in total. The number of nitrogens with zero attached hydrogens (tertiary/aromatic N) is 2. The summed E-state index contributed by atoms with van der Waals surface area (Å²) in [5, 5.41) is 9.28. The third-order valence-corrected chi connectivity index (χ3v) is 6.50. The second-order valence-corrected chi connectivity index (χ2v) is 8.74. The van der Waals surface area contributed by atoms with E-state index in [0.717, 1.165) is 47.2 Å². The maximum atomic E-state index is 11.3. The molecule has 1 saturated heterocycles. The molecule has 1 N–H and O–H groups in total. The van der Waals surface area contributed by atoms with E-state index in [4.69, 9.17) is 9.15 Å². The van der Waals surface area contributed by atoms with Crippen molar-refractivity contribution in [2.24, 2.45) is 0 Å². The first kappa shape index (κ1) is 21.5. The summed E-state index contributed by atoms with van der Waals surface area (Å²) < 4.78 is 11.7. The molecular weight excluding hydrogens is 412 g/mol. The summed E-state index contributed by atoms with van der Waals surface area (Å²) in [6.07, 6.45) is 0.812. The number of carbonyl (C=O) groups is 1. The van der Waals surface area contributed by atoms with Gasteiger partial charge in [0.1, 0.15) is 29.9 Å². The number of carboxylic acid groups (broad SMARTS) is 1. The van der Waals surface area contributed by atoms with Gasteiger partial charge in [-0.2, -0.15) is 0 Å². The van der Waals surface area contributed by atoms with Gasteiger partial charge in [0.15, 0.2) is 0 Å². The molecule has 0 saturated carbocycles. The van der Waals surface area contributed by atoms with Crippen LogP contribution in [0.3, 0.4) is 0 Å². The molecule has 31 heavy (non-hydrogen) atoms. The van der Waals surface area contributed by atoms with Crippen LogP contribution in [0.1, 0.15) is 22.6 Å². The Balaban J connectivity index is 1.31. The van der Waals surface area contributed by atoms with E-state index in [9.17, 15) is 9.90 Å². The molecule has 3 aromatic rings. The van der Waals surface area contributed by atoms with Crippen molar-refractivity contribution in [3.8, 4) is 17.2 Å². The average Bonchev–Trinajstić information content (AvgIpc) is 3.39. The zero-order valence-electron chi connectivity index (χ0n) is 17.7. The molecule has 1 fully saturated rings. The van der Waals surface area contributed by atoms with Crippen molar-refractivity contribution >= 4 is 17.7 Å². The van der Waals surface area contributed by atoms with Crippen LogP contribution in [0.2, 0.25) is 0 Å². The Bertz CT molecular complexity index is 1030.